The minimum atomic E-state index is 0.110. The molecule has 3 aromatic rings. The number of nitrogens with zero attached hydrogens (tertiary/aromatic N) is 4. The third-order valence-electron chi connectivity index (χ3n) is 7.20. The van der Waals surface area contributed by atoms with E-state index in [9.17, 15) is 4.79 Å². The van der Waals surface area contributed by atoms with Crippen molar-refractivity contribution in [3.05, 3.63) is 83.4 Å². The van der Waals surface area contributed by atoms with Crippen molar-refractivity contribution in [2.75, 3.05) is 13.1 Å². The molecule has 1 amide bonds. The van der Waals surface area contributed by atoms with Crippen molar-refractivity contribution >= 4 is 5.91 Å². The number of amides is 1. The van der Waals surface area contributed by atoms with Crippen LogP contribution in [-0.4, -0.2) is 38.7 Å². The predicted octanol–water partition coefficient (Wildman–Crippen LogP) is 4.82. The summed E-state index contributed by atoms with van der Waals surface area (Å²) in [5.74, 6) is 1.41. The first-order valence-corrected chi connectivity index (χ1v) is 11.4. The molecular formula is C26H30N4O. The molecule has 2 fully saturated rings. The molecule has 1 spiro atoms. The van der Waals surface area contributed by atoms with Crippen LogP contribution in [0.4, 0.5) is 0 Å². The predicted molar refractivity (Wildman–Crippen MR) is 121 cm³/mol. The summed E-state index contributed by atoms with van der Waals surface area (Å²) in [4.78, 5) is 15.5. The number of hydrogen-bond acceptors (Lipinski definition) is 3. The lowest BCUT2D eigenvalue weighted by molar-refractivity contribution is 0.0758. The first-order valence-electron chi connectivity index (χ1n) is 11.4. The number of rotatable bonds is 4. The number of aryl methyl sites for hydroxylation is 1. The molecule has 0 N–H and O–H groups in total. The van der Waals surface area contributed by atoms with E-state index in [1.165, 1.54) is 24.8 Å². The Morgan fingerprint density at radius 2 is 1.87 bits per heavy atom. The third kappa shape index (κ3) is 3.89. The third-order valence-corrected chi connectivity index (χ3v) is 7.20. The molecule has 160 valence electrons. The lowest BCUT2D eigenvalue weighted by atomic mass is 9.67. The van der Waals surface area contributed by atoms with Crippen molar-refractivity contribution in [2.24, 2.45) is 5.41 Å². The van der Waals surface area contributed by atoms with Gasteiger partial charge in [-0.25, -0.2) is 0 Å². The average Bonchev–Trinajstić information content (AvgIpc) is 3.39. The minimum absolute atomic E-state index is 0.110. The minimum Gasteiger partial charge on any atom is -0.337 e. The standard InChI is InChI=1S/C26H30N4O/c1-20-9-8-12-22(15-20)25(31)29-17-23(26(18-29)13-6-3-7-14-26)24-28-27-19-30(24)16-21-10-4-2-5-11-21/h2,4-5,8-12,15,19,23H,3,6-7,13-14,16-18H2,1H3. The van der Waals surface area contributed by atoms with Crippen molar-refractivity contribution in [2.45, 2.75) is 51.5 Å². The van der Waals surface area contributed by atoms with Crippen LogP contribution in [0.25, 0.3) is 0 Å². The van der Waals surface area contributed by atoms with Crippen LogP contribution in [0.2, 0.25) is 0 Å². The summed E-state index contributed by atoms with van der Waals surface area (Å²) < 4.78 is 2.19. The summed E-state index contributed by atoms with van der Waals surface area (Å²) in [5.41, 5.74) is 3.26. The topological polar surface area (TPSA) is 51.0 Å². The SMILES string of the molecule is Cc1cccc(C(=O)N2CC(c3nncn3Cc3ccccc3)C3(CCCCC3)C2)c1. The molecule has 1 saturated heterocycles. The van der Waals surface area contributed by atoms with Gasteiger partial charge in [-0.3, -0.25) is 4.79 Å². The smallest absolute Gasteiger partial charge is 0.253 e. The molecule has 5 rings (SSSR count). The van der Waals surface area contributed by atoms with Gasteiger partial charge in [0.2, 0.25) is 0 Å². The lowest BCUT2D eigenvalue weighted by Crippen LogP contribution is -2.34. The maximum Gasteiger partial charge on any atom is 0.253 e. The van der Waals surface area contributed by atoms with Crippen molar-refractivity contribution < 1.29 is 4.79 Å². The van der Waals surface area contributed by atoms with Gasteiger partial charge in [0.25, 0.3) is 5.91 Å². The molecule has 2 aromatic carbocycles. The summed E-state index contributed by atoms with van der Waals surface area (Å²) in [6.07, 6.45) is 7.92. The molecule has 1 saturated carbocycles. The summed E-state index contributed by atoms with van der Waals surface area (Å²) in [6, 6.07) is 18.4. The highest BCUT2D eigenvalue weighted by atomic mass is 16.2. The second-order valence-electron chi connectivity index (χ2n) is 9.33. The highest BCUT2D eigenvalue weighted by molar-refractivity contribution is 5.94. The summed E-state index contributed by atoms with van der Waals surface area (Å²) in [6.45, 7) is 4.35. The van der Waals surface area contributed by atoms with E-state index in [1.807, 2.05) is 43.6 Å². The van der Waals surface area contributed by atoms with Gasteiger partial charge in [0, 0.05) is 24.6 Å². The lowest BCUT2D eigenvalue weighted by Gasteiger charge is -2.37. The van der Waals surface area contributed by atoms with Crippen molar-refractivity contribution in [3.63, 3.8) is 0 Å². The fourth-order valence-electron chi connectivity index (χ4n) is 5.64. The Balaban J connectivity index is 1.46. The van der Waals surface area contributed by atoms with E-state index in [0.717, 1.165) is 49.4 Å². The van der Waals surface area contributed by atoms with Crippen LogP contribution in [0, 0.1) is 12.3 Å². The molecule has 5 heteroatoms. The van der Waals surface area contributed by atoms with Gasteiger partial charge in [0.05, 0.1) is 6.54 Å². The Morgan fingerprint density at radius 3 is 2.65 bits per heavy atom. The number of carbonyl (C=O) groups excluding carboxylic acids is 1. The highest BCUT2D eigenvalue weighted by Crippen LogP contribution is 2.51. The van der Waals surface area contributed by atoms with Gasteiger partial charge in [-0.05, 0) is 42.9 Å². The van der Waals surface area contributed by atoms with Crippen molar-refractivity contribution in [3.8, 4) is 0 Å². The fourth-order valence-corrected chi connectivity index (χ4v) is 5.64. The Kier molecular flexibility index (Phi) is 5.34. The van der Waals surface area contributed by atoms with E-state index < -0.39 is 0 Å². The summed E-state index contributed by atoms with van der Waals surface area (Å²) in [5, 5.41) is 8.89. The van der Waals surface area contributed by atoms with Crippen LogP contribution in [0.15, 0.2) is 60.9 Å². The maximum absolute atomic E-state index is 13.4. The summed E-state index contributed by atoms with van der Waals surface area (Å²) in [7, 11) is 0. The average molecular weight is 415 g/mol. The Bertz CT molecular complexity index is 1050. The number of aromatic nitrogens is 3. The molecule has 1 aromatic heterocycles. The zero-order valence-corrected chi connectivity index (χ0v) is 18.2. The fraction of sp³-hybridized carbons (Fsp3) is 0.423. The van der Waals surface area contributed by atoms with Crippen LogP contribution >= 0.6 is 0 Å². The van der Waals surface area contributed by atoms with Gasteiger partial charge in [-0.2, -0.15) is 0 Å². The van der Waals surface area contributed by atoms with E-state index in [4.69, 9.17) is 0 Å². The van der Waals surface area contributed by atoms with E-state index in [0.29, 0.717) is 0 Å². The van der Waals surface area contributed by atoms with Gasteiger partial charge in [0.1, 0.15) is 12.2 Å². The molecule has 1 unspecified atom stereocenters. The number of likely N-dealkylation sites (tertiary alicyclic amines) is 1. The van der Waals surface area contributed by atoms with Crippen molar-refractivity contribution in [1.82, 2.24) is 19.7 Å². The second-order valence-corrected chi connectivity index (χ2v) is 9.33. The van der Waals surface area contributed by atoms with E-state index in [2.05, 4.69) is 43.9 Å². The zero-order valence-electron chi connectivity index (χ0n) is 18.2. The largest absolute Gasteiger partial charge is 0.337 e. The Labute approximate surface area is 184 Å². The van der Waals surface area contributed by atoms with E-state index in [-0.39, 0.29) is 17.2 Å². The second kappa shape index (κ2) is 8.29. The molecule has 5 nitrogen and oxygen atoms in total. The number of benzene rings is 2. The first-order chi connectivity index (χ1) is 15.1. The molecule has 2 aliphatic rings. The zero-order chi connectivity index (χ0) is 21.3. The molecule has 2 heterocycles. The molecule has 0 bridgehead atoms. The molecule has 1 aliphatic carbocycles. The van der Waals surface area contributed by atoms with Gasteiger partial charge >= 0.3 is 0 Å². The van der Waals surface area contributed by atoms with Gasteiger partial charge in [-0.1, -0.05) is 67.3 Å². The van der Waals surface area contributed by atoms with Gasteiger partial charge in [-0.15, -0.1) is 10.2 Å². The maximum atomic E-state index is 13.4. The van der Waals surface area contributed by atoms with Gasteiger partial charge < -0.3 is 9.47 Å². The van der Waals surface area contributed by atoms with Crippen LogP contribution < -0.4 is 0 Å². The molecule has 0 radical (unpaired) electrons. The van der Waals surface area contributed by atoms with E-state index in [1.54, 1.807) is 0 Å². The van der Waals surface area contributed by atoms with Crippen LogP contribution in [0.3, 0.4) is 0 Å². The normalized spacial score (nSPS) is 20.3. The number of hydrogen-bond donors (Lipinski definition) is 0. The Hall–Kier alpha value is -2.95. The monoisotopic (exact) mass is 414 g/mol. The van der Waals surface area contributed by atoms with Crippen LogP contribution in [0.1, 0.15) is 65.3 Å². The molecule has 31 heavy (non-hydrogen) atoms. The summed E-state index contributed by atoms with van der Waals surface area (Å²) >= 11 is 0. The van der Waals surface area contributed by atoms with Gasteiger partial charge in [0.15, 0.2) is 0 Å². The Morgan fingerprint density at radius 1 is 1.06 bits per heavy atom. The highest BCUT2D eigenvalue weighted by Gasteiger charge is 2.50. The van der Waals surface area contributed by atoms with Crippen LogP contribution in [-0.2, 0) is 6.54 Å². The quantitative estimate of drug-likeness (QED) is 0.615. The number of carbonyl (C=O) groups is 1. The molecule has 1 atom stereocenters. The van der Waals surface area contributed by atoms with Crippen LogP contribution in [0.5, 0.6) is 0 Å². The molecule has 1 aliphatic heterocycles. The van der Waals surface area contributed by atoms with E-state index >= 15 is 0 Å². The first kappa shape index (κ1) is 20.0. The van der Waals surface area contributed by atoms with Crippen molar-refractivity contribution in [1.29, 1.82) is 0 Å². The molecular weight excluding hydrogens is 384 g/mol.